The third kappa shape index (κ3) is 5.44. The van der Waals surface area contributed by atoms with Crippen molar-refractivity contribution in [3.05, 3.63) is 76.0 Å². The van der Waals surface area contributed by atoms with Crippen molar-refractivity contribution in [2.75, 3.05) is 0 Å². The number of nitrogens with zero attached hydrogens (tertiary/aromatic N) is 3. The third-order valence-electron chi connectivity index (χ3n) is 4.47. The maximum absolute atomic E-state index is 12.8. The average molecular weight is 396 g/mol. The Bertz CT molecular complexity index is 1030. The van der Waals surface area contributed by atoms with Gasteiger partial charge in [0.1, 0.15) is 12.6 Å². The Kier molecular flexibility index (Phi) is 6.28. The van der Waals surface area contributed by atoms with Crippen molar-refractivity contribution in [3.63, 3.8) is 0 Å². The Morgan fingerprint density at radius 3 is 2.62 bits per heavy atom. The molecule has 152 valence electrons. The van der Waals surface area contributed by atoms with Gasteiger partial charge in [-0.2, -0.15) is 5.10 Å². The second-order valence-electron chi connectivity index (χ2n) is 6.91. The fraction of sp³-hybridized carbons (Fsp3) is 0.300. The molecule has 0 saturated heterocycles. The van der Waals surface area contributed by atoms with Gasteiger partial charge in [0.2, 0.25) is 11.8 Å². The molecule has 0 spiro atoms. The number of aromatic nitrogens is 4. The fourth-order valence-electron chi connectivity index (χ4n) is 2.93. The molecule has 2 aromatic heterocycles. The van der Waals surface area contributed by atoms with Crippen molar-refractivity contribution < 1.29 is 9.59 Å². The molecule has 2 heterocycles. The number of aryl methyl sites for hydroxylation is 2. The number of nitrogens with one attached hydrogen (secondary N) is 3. The quantitative estimate of drug-likeness (QED) is 0.507. The van der Waals surface area contributed by atoms with Gasteiger partial charge in [-0.25, -0.2) is 0 Å². The molecule has 1 atom stereocenters. The first-order valence-electron chi connectivity index (χ1n) is 9.25. The molecule has 0 saturated carbocycles. The van der Waals surface area contributed by atoms with Gasteiger partial charge >= 0.3 is 0 Å². The van der Waals surface area contributed by atoms with Gasteiger partial charge in [-0.3, -0.25) is 23.7 Å². The summed E-state index contributed by atoms with van der Waals surface area (Å²) in [7, 11) is 1.59. The molecule has 0 aliphatic heterocycles. The summed E-state index contributed by atoms with van der Waals surface area (Å²) in [5.41, 5.74) is 2.06. The van der Waals surface area contributed by atoms with E-state index in [2.05, 4.69) is 20.8 Å². The van der Waals surface area contributed by atoms with Gasteiger partial charge in [0.25, 0.3) is 5.56 Å². The van der Waals surface area contributed by atoms with Crippen LogP contribution in [-0.2, 0) is 36.1 Å². The first-order chi connectivity index (χ1) is 13.9. The van der Waals surface area contributed by atoms with Gasteiger partial charge in [0.15, 0.2) is 0 Å². The van der Waals surface area contributed by atoms with E-state index < -0.39 is 6.04 Å². The SMILES string of the molecule is Cc1cnn(CC(=O)NC(Cc2c[nH]n(C)c2=O)C(=O)NCc2ccccc2)c1. The first-order valence-corrected chi connectivity index (χ1v) is 9.25. The van der Waals surface area contributed by atoms with Crippen LogP contribution in [0.5, 0.6) is 0 Å². The van der Waals surface area contributed by atoms with Crippen LogP contribution in [0, 0.1) is 6.92 Å². The Hall–Kier alpha value is -3.62. The van der Waals surface area contributed by atoms with E-state index in [1.165, 1.54) is 9.36 Å². The predicted molar refractivity (Wildman–Crippen MR) is 107 cm³/mol. The molecule has 29 heavy (non-hydrogen) atoms. The Morgan fingerprint density at radius 1 is 1.24 bits per heavy atom. The molecule has 1 aromatic carbocycles. The average Bonchev–Trinajstić information content (AvgIpc) is 3.26. The van der Waals surface area contributed by atoms with Crippen LogP contribution >= 0.6 is 0 Å². The van der Waals surface area contributed by atoms with Crippen molar-refractivity contribution in [2.45, 2.75) is 32.5 Å². The van der Waals surface area contributed by atoms with Gasteiger partial charge in [-0.1, -0.05) is 30.3 Å². The highest BCUT2D eigenvalue weighted by Gasteiger charge is 2.23. The second kappa shape index (κ2) is 9.05. The maximum Gasteiger partial charge on any atom is 0.269 e. The molecule has 9 heteroatoms. The number of amides is 2. The lowest BCUT2D eigenvalue weighted by Gasteiger charge is -2.18. The number of carbonyl (C=O) groups excluding carboxylic acids is 2. The summed E-state index contributed by atoms with van der Waals surface area (Å²) in [6.45, 7) is 2.19. The summed E-state index contributed by atoms with van der Waals surface area (Å²) in [4.78, 5) is 37.4. The van der Waals surface area contributed by atoms with E-state index in [0.717, 1.165) is 11.1 Å². The summed E-state index contributed by atoms with van der Waals surface area (Å²) < 4.78 is 2.82. The standard InChI is InChI=1S/C20H24N6O3/c1-14-9-23-26(12-14)13-18(27)24-17(8-16-11-22-25(2)20(16)29)19(28)21-10-15-6-4-3-5-7-15/h3-7,9,11-12,17,22H,8,10,13H2,1-2H3,(H,21,28)(H,24,27). The zero-order chi connectivity index (χ0) is 20.8. The lowest BCUT2D eigenvalue weighted by Crippen LogP contribution is -2.49. The number of hydrogen-bond donors (Lipinski definition) is 3. The summed E-state index contributed by atoms with van der Waals surface area (Å²) in [5, 5.41) is 12.4. The minimum absolute atomic E-state index is 0.0124. The normalized spacial score (nSPS) is 11.8. The monoisotopic (exact) mass is 396 g/mol. The van der Waals surface area contributed by atoms with E-state index in [4.69, 9.17) is 0 Å². The van der Waals surface area contributed by atoms with Crippen molar-refractivity contribution >= 4 is 11.8 Å². The Labute approximate surface area is 167 Å². The zero-order valence-electron chi connectivity index (χ0n) is 16.4. The highest BCUT2D eigenvalue weighted by molar-refractivity contribution is 5.87. The maximum atomic E-state index is 12.8. The predicted octanol–water partition coefficient (Wildman–Crippen LogP) is 0.262. The van der Waals surface area contributed by atoms with Crippen molar-refractivity contribution in [1.82, 2.24) is 30.2 Å². The molecule has 3 aromatic rings. The van der Waals surface area contributed by atoms with E-state index in [9.17, 15) is 14.4 Å². The van der Waals surface area contributed by atoms with E-state index in [-0.39, 0.29) is 30.3 Å². The zero-order valence-corrected chi connectivity index (χ0v) is 16.4. The van der Waals surface area contributed by atoms with Gasteiger partial charge in [0.05, 0.1) is 6.20 Å². The molecule has 9 nitrogen and oxygen atoms in total. The number of carbonyl (C=O) groups is 2. The minimum Gasteiger partial charge on any atom is -0.350 e. The minimum atomic E-state index is -0.883. The Balaban J connectivity index is 1.69. The number of benzene rings is 1. The van der Waals surface area contributed by atoms with Crippen LogP contribution in [0.25, 0.3) is 0 Å². The molecular weight excluding hydrogens is 372 g/mol. The molecule has 1 unspecified atom stereocenters. The largest absolute Gasteiger partial charge is 0.350 e. The van der Waals surface area contributed by atoms with Gasteiger partial charge in [-0.15, -0.1) is 0 Å². The van der Waals surface area contributed by atoms with Crippen LogP contribution in [0.15, 0.2) is 53.7 Å². The molecule has 0 aliphatic carbocycles. The lowest BCUT2D eigenvalue weighted by molar-refractivity contribution is -0.129. The van der Waals surface area contributed by atoms with Crippen LogP contribution in [0.4, 0.5) is 0 Å². The number of hydrogen-bond acceptors (Lipinski definition) is 4. The van der Waals surface area contributed by atoms with E-state index in [1.54, 1.807) is 25.6 Å². The molecule has 0 fully saturated rings. The van der Waals surface area contributed by atoms with Gasteiger partial charge in [0, 0.05) is 38.0 Å². The van der Waals surface area contributed by atoms with Crippen LogP contribution in [0.2, 0.25) is 0 Å². The van der Waals surface area contributed by atoms with Crippen molar-refractivity contribution in [2.24, 2.45) is 7.05 Å². The summed E-state index contributed by atoms with van der Waals surface area (Å²) in [6, 6.07) is 8.58. The number of rotatable bonds is 8. The molecule has 0 aliphatic rings. The van der Waals surface area contributed by atoms with Gasteiger partial charge in [-0.05, 0) is 18.1 Å². The molecular formula is C20H24N6O3. The lowest BCUT2D eigenvalue weighted by atomic mass is 10.1. The Morgan fingerprint density at radius 2 is 2.00 bits per heavy atom. The number of aromatic amines is 1. The molecule has 3 N–H and O–H groups in total. The fourth-order valence-corrected chi connectivity index (χ4v) is 2.93. The summed E-state index contributed by atoms with van der Waals surface area (Å²) in [6.07, 6.45) is 5.02. The molecule has 2 amide bonds. The summed E-state index contributed by atoms with van der Waals surface area (Å²) >= 11 is 0. The van der Waals surface area contributed by atoms with E-state index >= 15 is 0 Å². The van der Waals surface area contributed by atoms with Gasteiger partial charge < -0.3 is 15.7 Å². The first kappa shape index (κ1) is 20.1. The topological polar surface area (TPSA) is 114 Å². The smallest absolute Gasteiger partial charge is 0.269 e. The second-order valence-corrected chi connectivity index (χ2v) is 6.91. The highest BCUT2D eigenvalue weighted by atomic mass is 16.2. The van der Waals surface area contributed by atoms with E-state index in [0.29, 0.717) is 12.1 Å². The van der Waals surface area contributed by atoms with Crippen LogP contribution < -0.4 is 16.2 Å². The van der Waals surface area contributed by atoms with Crippen molar-refractivity contribution in [3.8, 4) is 0 Å². The van der Waals surface area contributed by atoms with Crippen LogP contribution in [0.1, 0.15) is 16.7 Å². The highest BCUT2D eigenvalue weighted by Crippen LogP contribution is 2.02. The van der Waals surface area contributed by atoms with Crippen molar-refractivity contribution in [1.29, 1.82) is 0 Å². The molecule has 0 radical (unpaired) electrons. The molecule has 3 rings (SSSR count). The molecule has 0 bridgehead atoms. The van der Waals surface area contributed by atoms with Crippen LogP contribution in [-0.4, -0.2) is 37.4 Å². The van der Waals surface area contributed by atoms with E-state index in [1.807, 2.05) is 37.3 Å². The number of H-pyrrole nitrogens is 1. The third-order valence-corrected chi connectivity index (χ3v) is 4.47. The van der Waals surface area contributed by atoms with Crippen LogP contribution in [0.3, 0.4) is 0 Å². The summed E-state index contributed by atoms with van der Waals surface area (Å²) in [5.74, 6) is -0.720.